The van der Waals surface area contributed by atoms with E-state index in [0.717, 1.165) is 25.7 Å². The topological polar surface area (TPSA) is 66.6 Å². The molecule has 0 radical (unpaired) electrons. The Morgan fingerprint density at radius 2 is 2.12 bits per heavy atom. The summed E-state index contributed by atoms with van der Waals surface area (Å²) in [5.74, 6) is -0.0639. The van der Waals surface area contributed by atoms with Gasteiger partial charge in [-0.1, -0.05) is 25.1 Å². The maximum Gasteiger partial charge on any atom is 0.235 e. The van der Waals surface area contributed by atoms with Gasteiger partial charge in [0.2, 0.25) is 5.91 Å². The molecule has 0 bridgehead atoms. The zero-order chi connectivity index (χ0) is 13.1. The van der Waals surface area contributed by atoms with Crippen LogP contribution in [0, 0.1) is 5.41 Å². The van der Waals surface area contributed by atoms with E-state index >= 15 is 0 Å². The summed E-state index contributed by atoms with van der Waals surface area (Å²) in [4.78, 5) is 14.4. The van der Waals surface area contributed by atoms with Gasteiger partial charge in [0.15, 0.2) is 0 Å². The highest BCUT2D eigenvalue weighted by atomic mass is 32.1. The van der Waals surface area contributed by atoms with Crippen molar-refractivity contribution in [3.8, 4) is 0 Å². The van der Waals surface area contributed by atoms with Crippen LogP contribution in [0.5, 0.6) is 0 Å². The number of nitrogens with two attached hydrogens (primary N) is 1. The zero-order valence-electron chi connectivity index (χ0n) is 10.6. The first-order valence-corrected chi connectivity index (χ1v) is 6.54. The van der Waals surface area contributed by atoms with Gasteiger partial charge in [0.25, 0.3) is 0 Å². The summed E-state index contributed by atoms with van der Waals surface area (Å²) in [6.45, 7) is 4.20. The molecule has 1 amide bonds. The number of carbonyl (C=O) groups excluding carboxylic acids is 1. The molecule has 1 rings (SSSR count). The number of rotatable bonds is 3. The molecule has 0 spiro atoms. The number of carbonyl (C=O) groups is 1. The van der Waals surface area contributed by atoms with Gasteiger partial charge < -0.3 is 15.7 Å². The lowest BCUT2D eigenvalue weighted by atomic mass is 9.90. The number of hydrogen-bond donors (Lipinski definition) is 2. The van der Waals surface area contributed by atoms with Crippen molar-refractivity contribution in [2.75, 3.05) is 13.2 Å². The van der Waals surface area contributed by atoms with Crippen LogP contribution in [0.25, 0.3) is 0 Å². The summed E-state index contributed by atoms with van der Waals surface area (Å²) >= 11 is 4.95. The van der Waals surface area contributed by atoms with Gasteiger partial charge in [-0.25, -0.2) is 0 Å². The van der Waals surface area contributed by atoms with Gasteiger partial charge >= 0.3 is 0 Å². The van der Waals surface area contributed by atoms with E-state index in [1.807, 2.05) is 0 Å². The molecule has 0 aromatic carbocycles. The third kappa shape index (κ3) is 3.16. The van der Waals surface area contributed by atoms with E-state index in [-0.39, 0.29) is 23.5 Å². The summed E-state index contributed by atoms with van der Waals surface area (Å²) in [5.41, 5.74) is 4.80. The largest absolute Gasteiger partial charge is 0.394 e. The molecule has 17 heavy (non-hydrogen) atoms. The number of aliphatic hydroxyl groups is 1. The van der Waals surface area contributed by atoms with Crippen molar-refractivity contribution in [3.63, 3.8) is 0 Å². The lowest BCUT2D eigenvalue weighted by Gasteiger charge is -2.35. The molecule has 1 saturated heterocycles. The maximum absolute atomic E-state index is 12.4. The van der Waals surface area contributed by atoms with Crippen molar-refractivity contribution in [1.29, 1.82) is 0 Å². The predicted molar refractivity (Wildman–Crippen MR) is 71.6 cm³/mol. The second-order valence-corrected chi connectivity index (χ2v) is 5.61. The molecule has 0 aromatic rings. The van der Waals surface area contributed by atoms with Gasteiger partial charge in [0.1, 0.15) is 0 Å². The number of hydrogen-bond acceptors (Lipinski definition) is 3. The Morgan fingerprint density at radius 3 is 2.65 bits per heavy atom. The summed E-state index contributed by atoms with van der Waals surface area (Å²) < 4.78 is 0. The normalized spacial score (nSPS) is 22.1. The van der Waals surface area contributed by atoms with Crippen LogP contribution in [0.3, 0.4) is 0 Å². The standard InChI is InChI=1S/C12H22N2O2S/c1-12(2,10(13)17)11(16)14-7-5-3-4-6-9(14)8-15/h9,15H,3-8H2,1-2H3,(H2,13,17). The highest BCUT2D eigenvalue weighted by Crippen LogP contribution is 2.25. The summed E-state index contributed by atoms with van der Waals surface area (Å²) in [6, 6.07) is -0.0846. The van der Waals surface area contributed by atoms with E-state index in [9.17, 15) is 9.90 Å². The van der Waals surface area contributed by atoms with Crippen molar-refractivity contribution in [1.82, 2.24) is 4.90 Å². The van der Waals surface area contributed by atoms with Crippen LogP contribution in [0.15, 0.2) is 0 Å². The molecule has 1 atom stereocenters. The molecule has 1 unspecified atom stereocenters. The van der Waals surface area contributed by atoms with Gasteiger partial charge in [0.05, 0.1) is 23.1 Å². The van der Waals surface area contributed by atoms with Gasteiger partial charge in [-0.05, 0) is 26.7 Å². The minimum Gasteiger partial charge on any atom is -0.394 e. The molecule has 1 heterocycles. The molecule has 0 aromatic heterocycles. The molecular formula is C12H22N2O2S. The average molecular weight is 258 g/mol. The van der Waals surface area contributed by atoms with Crippen molar-refractivity contribution in [2.24, 2.45) is 11.1 Å². The Morgan fingerprint density at radius 1 is 1.47 bits per heavy atom. The third-order valence-electron chi connectivity index (χ3n) is 3.50. The van der Waals surface area contributed by atoms with Crippen LogP contribution in [0.1, 0.15) is 39.5 Å². The van der Waals surface area contributed by atoms with E-state index < -0.39 is 5.41 Å². The first kappa shape index (κ1) is 14.4. The second kappa shape index (κ2) is 5.78. The number of amides is 1. The lowest BCUT2D eigenvalue weighted by molar-refractivity contribution is -0.140. The molecule has 4 nitrogen and oxygen atoms in total. The Hall–Kier alpha value is -0.680. The predicted octanol–water partition coefficient (Wildman–Crippen LogP) is 1.06. The number of aliphatic hydroxyl groups excluding tert-OH is 1. The molecule has 0 aliphatic carbocycles. The fourth-order valence-corrected chi connectivity index (χ4v) is 2.19. The van der Waals surface area contributed by atoms with Crippen LogP contribution in [0.4, 0.5) is 0 Å². The highest BCUT2D eigenvalue weighted by Gasteiger charge is 2.37. The Kier molecular flexibility index (Phi) is 4.89. The maximum atomic E-state index is 12.4. The lowest BCUT2D eigenvalue weighted by Crippen LogP contribution is -2.51. The molecule has 5 heteroatoms. The summed E-state index contributed by atoms with van der Waals surface area (Å²) in [6.07, 6.45) is 4.00. The molecule has 3 N–H and O–H groups in total. The molecule has 1 fully saturated rings. The highest BCUT2D eigenvalue weighted by molar-refractivity contribution is 7.80. The van der Waals surface area contributed by atoms with E-state index in [4.69, 9.17) is 18.0 Å². The fourth-order valence-electron chi connectivity index (χ4n) is 2.10. The molecule has 1 aliphatic rings. The van der Waals surface area contributed by atoms with E-state index in [2.05, 4.69) is 0 Å². The number of nitrogens with zero attached hydrogens (tertiary/aromatic N) is 1. The smallest absolute Gasteiger partial charge is 0.235 e. The van der Waals surface area contributed by atoms with Gasteiger partial charge in [0, 0.05) is 6.54 Å². The fraction of sp³-hybridized carbons (Fsp3) is 0.833. The molecule has 0 saturated carbocycles. The van der Waals surface area contributed by atoms with Crippen LogP contribution < -0.4 is 5.73 Å². The Labute approximate surface area is 108 Å². The zero-order valence-corrected chi connectivity index (χ0v) is 11.4. The van der Waals surface area contributed by atoms with Crippen LogP contribution in [0.2, 0.25) is 0 Å². The first-order chi connectivity index (χ1) is 7.91. The Bertz CT molecular complexity index is 305. The van der Waals surface area contributed by atoms with Crippen molar-refractivity contribution >= 4 is 23.1 Å². The molecular weight excluding hydrogens is 236 g/mol. The van der Waals surface area contributed by atoms with Crippen LogP contribution in [-0.2, 0) is 4.79 Å². The van der Waals surface area contributed by atoms with E-state index in [0.29, 0.717) is 6.54 Å². The van der Waals surface area contributed by atoms with Crippen molar-refractivity contribution in [3.05, 3.63) is 0 Å². The van der Waals surface area contributed by atoms with E-state index in [1.165, 1.54) is 0 Å². The van der Waals surface area contributed by atoms with Gasteiger partial charge in [-0.3, -0.25) is 4.79 Å². The van der Waals surface area contributed by atoms with Gasteiger partial charge in [-0.2, -0.15) is 0 Å². The third-order valence-corrected chi connectivity index (χ3v) is 4.01. The first-order valence-electron chi connectivity index (χ1n) is 6.13. The minimum atomic E-state index is -0.826. The van der Waals surface area contributed by atoms with Crippen molar-refractivity contribution < 1.29 is 9.90 Å². The van der Waals surface area contributed by atoms with Crippen LogP contribution in [-0.4, -0.2) is 40.1 Å². The second-order valence-electron chi connectivity index (χ2n) is 5.17. The van der Waals surface area contributed by atoms with Crippen LogP contribution >= 0.6 is 12.2 Å². The van der Waals surface area contributed by atoms with Gasteiger partial charge in [-0.15, -0.1) is 0 Å². The monoisotopic (exact) mass is 258 g/mol. The number of likely N-dealkylation sites (tertiary alicyclic amines) is 1. The minimum absolute atomic E-state index is 0.0130. The van der Waals surface area contributed by atoms with Crippen molar-refractivity contribution in [2.45, 2.75) is 45.6 Å². The summed E-state index contributed by atoms with van der Waals surface area (Å²) in [7, 11) is 0. The Balaban J connectivity index is 2.87. The van der Waals surface area contributed by atoms with E-state index in [1.54, 1.807) is 18.7 Å². The quantitative estimate of drug-likeness (QED) is 0.743. The SMILES string of the molecule is CC(C)(C(=O)N1CCCCCC1CO)C(N)=S. The average Bonchev–Trinajstić information content (AvgIpc) is 2.52. The number of thiocarbonyl (C=S) groups is 1. The molecule has 98 valence electrons. The summed E-state index contributed by atoms with van der Waals surface area (Å²) in [5, 5.41) is 9.38. The molecule has 1 aliphatic heterocycles.